The Hall–Kier alpha value is -1.09. The van der Waals surface area contributed by atoms with Crippen LogP contribution in [0.3, 0.4) is 0 Å². The van der Waals surface area contributed by atoms with Gasteiger partial charge in [-0.3, -0.25) is 4.98 Å². The third-order valence-corrected chi connectivity index (χ3v) is 4.23. The molecule has 0 spiro atoms. The Balaban J connectivity index is 2.09. The van der Waals surface area contributed by atoms with Crippen molar-refractivity contribution in [3.05, 3.63) is 23.5 Å². The summed E-state index contributed by atoms with van der Waals surface area (Å²) >= 11 is 0. The normalized spacial score (nSPS) is 24.4. The van der Waals surface area contributed by atoms with E-state index in [4.69, 9.17) is 10.5 Å². The summed E-state index contributed by atoms with van der Waals surface area (Å²) in [6.07, 6.45) is 7.05. The summed E-state index contributed by atoms with van der Waals surface area (Å²) in [5, 5.41) is 0. The molecule has 0 aliphatic heterocycles. The van der Waals surface area contributed by atoms with Gasteiger partial charge in [-0.1, -0.05) is 20.3 Å². The molecule has 1 fully saturated rings. The van der Waals surface area contributed by atoms with Crippen LogP contribution in [0.4, 0.5) is 0 Å². The molecule has 0 radical (unpaired) electrons. The Morgan fingerprint density at radius 3 is 2.90 bits per heavy atom. The lowest BCUT2D eigenvalue weighted by atomic mass is 9.88. The largest absolute Gasteiger partial charge is 0.489 e. The van der Waals surface area contributed by atoms with Gasteiger partial charge in [0.05, 0.1) is 11.8 Å². The molecule has 1 heterocycles. The predicted octanol–water partition coefficient (Wildman–Crippen LogP) is 3.63. The van der Waals surface area contributed by atoms with Crippen molar-refractivity contribution in [3.63, 3.8) is 0 Å². The first-order chi connectivity index (χ1) is 9.58. The quantitative estimate of drug-likeness (QED) is 0.893. The summed E-state index contributed by atoms with van der Waals surface area (Å²) in [6, 6.07) is 4.26. The Morgan fingerprint density at radius 1 is 1.40 bits per heavy atom. The van der Waals surface area contributed by atoms with Crippen LogP contribution >= 0.6 is 0 Å². The summed E-state index contributed by atoms with van der Waals surface area (Å²) in [5.74, 6) is 1.71. The minimum absolute atomic E-state index is 0.164. The fraction of sp³-hybridized carbons (Fsp3) is 0.706. The molecule has 1 aromatic heterocycles. The molecule has 112 valence electrons. The zero-order valence-corrected chi connectivity index (χ0v) is 13.1. The Labute approximate surface area is 122 Å². The highest BCUT2D eigenvalue weighted by molar-refractivity contribution is 5.30. The molecule has 1 saturated carbocycles. The minimum atomic E-state index is 0.164. The number of aromatic nitrogens is 1. The van der Waals surface area contributed by atoms with E-state index in [0.717, 1.165) is 48.7 Å². The van der Waals surface area contributed by atoms with Crippen LogP contribution in [0.2, 0.25) is 0 Å². The first kappa shape index (κ1) is 15.3. The van der Waals surface area contributed by atoms with Gasteiger partial charge in [-0.15, -0.1) is 0 Å². The predicted molar refractivity (Wildman–Crippen MR) is 83.0 cm³/mol. The van der Waals surface area contributed by atoms with Crippen molar-refractivity contribution in [2.24, 2.45) is 11.7 Å². The zero-order valence-electron chi connectivity index (χ0n) is 13.1. The van der Waals surface area contributed by atoms with Gasteiger partial charge in [0.1, 0.15) is 5.75 Å². The number of aryl methyl sites for hydroxylation is 1. The maximum Gasteiger partial charge on any atom is 0.141 e. The van der Waals surface area contributed by atoms with E-state index in [2.05, 4.69) is 24.9 Å². The van der Waals surface area contributed by atoms with Gasteiger partial charge in [0, 0.05) is 18.2 Å². The fourth-order valence-electron chi connectivity index (χ4n) is 2.91. The second-order valence-electron chi connectivity index (χ2n) is 6.28. The van der Waals surface area contributed by atoms with E-state index < -0.39 is 0 Å². The van der Waals surface area contributed by atoms with Crippen molar-refractivity contribution in [1.29, 1.82) is 0 Å². The van der Waals surface area contributed by atoms with E-state index in [-0.39, 0.29) is 6.04 Å². The van der Waals surface area contributed by atoms with E-state index in [9.17, 15) is 0 Å². The summed E-state index contributed by atoms with van der Waals surface area (Å²) in [5.41, 5.74) is 8.14. The van der Waals surface area contributed by atoms with Crippen molar-refractivity contribution >= 4 is 0 Å². The molecule has 0 saturated heterocycles. The Morgan fingerprint density at radius 2 is 2.20 bits per heavy atom. The van der Waals surface area contributed by atoms with Crippen LogP contribution in [-0.4, -0.2) is 17.1 Å². The van der Waals surface area contributed by atoms with Crippen molar-refractivity contribution in [3.8, 4) is 5.75 Å². The van der Waals surface area contributed by atoms with Crippen molar-refractivity contribution in [2.75, 3.05) is 0 Å². The van der Waals surface area contributed by atoms with Crippen LogP contribution in [0.1, 0.15) is 57.3 Å². The second kappa shape index (κ2) is 7.07. The average Bonchev–Trinajstić information content (AvgIpc) is 2.42. The molecule has 3 nitrogen and oxygen atoms in total. The maximum absolute atomic E-state index is 6.24. The summed E-state index contributed by atoms with van der Waals surface area (Å²) in [4.78, 5) is 4.64. The van der Waals surface area contributed by atoms with Crippen LogP contribution in [0, 0.1) is 12.8 Å². The third kappa shape index (κ3) is 4.20. The molecular formula is C17H28N2O. The van der Waals surface area contributed by atoms with Crippen molar-refractivity contribution in [2.45, 2.75) is 71.4 Å². The van der Waals surface area contributed by atoms with Crippen molar-refractivity contribution in [1.82, 2.24) is 4.98 Å². The molecule has 1 aliphatic carbocycles. The number of pyridine rings is 1. The smallest absolute Gasteiger partial charge is 0.141 e. The first-order valence-electron chi connectivity index (χ1n) is 7.97. The van der Waals surface area contributed by atoms with Crippen LogP contribution in [0.25, 0.3) is 0 Å². The lowest BCUT2D eigenvalue weighted by Gasteiger charge is -2.28. The number of rotatable bonds is 5. The van der Waals surface area contributed by atoms with Crippen LogP contribution < -0.4 is 10.5 Å². The number of ether oxygens (including phenoxy) is 1. The molecular weight excluding hydrogens is 248 g/mol. The van der Waals surface area contributed by atoms with E-state index in [1.807, 2.05) is 13.0 Å². The lowest BCUT2D eigenvalue weighted by molar-refractivity contribution is 0.127. The minimum Gasteiger partial charge on any atom is -0.489 e. The van der Waals surface area contributed by atoms with Crippen LogP contribution in [-0.2, 0) is 6.42 Å². The van der Waals surface area contributed by atoms with Gasteiger partial charge < -0.3 is 10.5 Å². The van der Waals surface area contributed by atoms with Crippen LogP contribution in [0.15, 0.2) is 12.1 Å². The van der Waals surface area contributed by atoms with Gasteiger partial charge >= 0.3 is 0 Å². The molecule has 2 N–H and O–H groups in total. The molecule has 0 bridgehead atoms. The van der Waals surface area contributed by atoms with Gasteiger partial charge in [-0.05, 0) is 50.7 Å². The highest BCUT2D eigenvalue weighted by Crippen LogP contribution is 2.29. The van der Waals surface area contributed by atoms with Gasteiger partial charge in [0.25, 0.3) is 0 Å². The Kier molecular flexibility index (Phi) is 5.41. The zero-order chi connectivity index (χ0) is 14.5. The summed E-state index contributed by atoms with van der Waals surface area (Å²) < 4.78 is 6.24. The summed E-state index contributed by atoms with van der Waals surface area (Å²) in [7, 11) is 0. The molecule has 3 atom stereocenters. The van der Waals surface area contributed by atoms with Crippen LogP contribution in [0.5, 0.6) is 5.75 Å². The monoisotopic (exact) mass is 276 g/mol. The number of hydrogen-bond donors (Lipinski definition) is 1. The molecule has 2 rings (SSSR count). The Bertz CT molecular complexity index is 433. The SMILES string of the molecule is CCC(N)Cc1nc(C)ccc1OC1CCCC(C)C1. The molecule has 3 unspecified atom stereocenters. The summed E-state index contributed by atoms with van der Waals surface area (Å²) in [6.45, 7) is 6.45. The molecule has 0 aromatic carbocycles. The molecule has 3 heteroatoms. The molecule has 20 heavy (non-hydrogen) atoms. The van der Waals surface area contributed by atoms with E-state index in [0.29, 0.717) is 6.10 Å². The number of nitrogens with zero attached hydrogens (tertiary/aromatic N) is 1. The molecule has 1 aromatic rings. The van der Waals surface area contributed by atoms with Gasteiger partial charge in [-0.2, -0.15) is 0 Å². The highest BCUT2D eigenvalue weighted by Gasteiger charge is 2.21. The van der Waals surface area contributed by atoms with Gasteiger partial charge in [0.15, 0.2) is 0 Å². The third-order valence-electron chi connectivity index (χ3n) is 4.23. The van der Waals surface area contributed by atoms with E-state index in [1.165, 1.54) is 12.8 Å². The van der Waals surface area contributed by atoms with Crippen molar-refractivity contribution < 1.29 is 4.74 Å². The van der Waals surface area contributed by atoms with E-state index >= 15 is 0 Å². The first-order valence-corrected chi connectivity index (χ1v) is 7.97. The molecule has 0 amide bonds. The average molecular weight is 276 g/mol. The number of hydrogen-bond acceptors (Lipinski definition) is 3. The standard InChI is InChI=1S/C17H28N2O/c1-4-14(18)11-16-17(9-8-13(3)19-16)20-15-7-5-6-12(2)10-15/h8-9,12,14-15H,4-7,10-11,18H2,1-3H3. The second-order valence-corrected chi connectivity index (χ2v) is 6.28. The topological polar surface area (TPSA) is 48.1 Å². The van der Waals surface area contributed by atoms with Gasteiger partial charge in [-0.25, -0.2) is 0 Å². The highest BCUT2D eigenvalue weighted by atomic mass is 16.5. The maximum atomic E-state index is 6.24. The number of nitrogens with two attached hydrogens (primary N) is 1. The lowest BCUT2D eigenvalue weighted by Crippen LogP contribution is -2.26. The molecule has 1 aliphatic rings. The fourth-order valence-corrected chi connectivity index (χ4v) is 2.91. The van der Waals surface area contributed by atoms with E-state index in [1.54, 1.807) is 0 Å². The van der Waals surface area contributed by atoms with Gasteiger partial charge in [0.2, 0.25) is 0 Å².